The Labute approximate surface area is 138 Å². The lowest BCUT2D eigenvalue weighted by atomic mass is 9.68. The number of ether oxygens (including phenoxy) is 1. The number of hydrogen-bond donors (Lipinski definition) is 0. The smallest absolute Gasteiger partial charge is 0.243 e. The summed E-state index contributed by atoms with van der Waals surface area (Å²) in [5.41, 5.74) is 0.486. The van der Waals surface area contributed by atoms with Crippen molar-refractivity contribution in [1.82, 2.24) is 4.90 Å². The van der Waals surface area contributed by atoms with Crippen molar-refractivity contribution in [3.8, 4) is 11.8 Å². The van der Waals surface area contributed by atoms with Crippen LogP contribution >= 0.6 is 0 Å². The lowest BCUT2D eigenvalue weighted by Gasteiger charge is -2.41. The van der Waals surface area contributed by atoms with E-state index < -0.39 is 5.41 Å². The van der Waals surface area contributed by atoms with Gasteiger partial charge in [-0.1, -0.05) is 18.2 Å². The van der Waals surface area contributed by atoms with Gasteiger partial charge in [0.05, 0.1) is 13.2 Å². The van der Waals surface area contributed by atoms with E-state index in [2.05, 4.69) is 12.1 Å². The van der Waals surface area contributed by atoms with Crippen molar-refractivity contribution in [2.24, 2.45) is 11.3 Å². The van der Waals surface area contributed by atoms with Crippen molar-refractivity contribution in [1.29, 1.82) is 5.26 Å². The minimum absolute atomic E-state index is 0.0657. The van der Waals surface area contributed by atoms with Gasteiger partial charge in [0.2, 0.25) is 5.91 Å². The molecule has 4 nitrogen and oxygen atoms in total. The Morgan fingerprint density at radius 3 is 2.83 bits per heavy atom. The molecule has 1 aromatic rings. The van der Waals surface area contributed by atoms with Gasteiger partial charge in [-0.2, -0.15) is 5.26 Å². The maximum absolute atomic E-state index is 12.7. The number of benzene rings is 1. The summed E-state index contributed by atoms with van der Waals surface area (Å²) < 4.78 is 5.44. The molecule has 0 radical (unpaired) electrons. The number of para-hydroxylation sites is 1. The second-order valence-corrected chi connectivity index (χ2v) is 6.82. The van der Waals surface area contributed by atoms with Crippen LogP contribution in [-0.2, 0) is 11.2 Å². The molecule has 3 rings (SSSR count). The molecular weight excluding hydrogens is 288 g/mol. The minimum atomic E-state index is -0.716. The second kappa shape index (κ2) is 6.62. The lowest BCUT2D eigenvalue weighted by molar-refractivity contribution is -0.144. The van der Waals surface area contributed by atoms with E-state index in [1.165, 1.54) is 5.56 Å². The first kappa shape index (κ1) is 15.9. The minimum Gasteiger partial charge on any atom is -0.496 e. The molecule has 1 unspecified atom stereocenters. The standard InChI is InChI=1S/C19H24N2O2/c1-23-17-8-3-2-7-16(17)12-15-6-4-11-21(13-15)18(22)19(14-20)9-5-10-19/h2-3,7-8,15H,4-6,9-13H2,1H3. The van der Waals surface area contributed by atoms with Gasteiger partial charge >= 0.3 is 0 Å². The number of amides is 1. The Kier molecular flexibility index (Phi) is 4.56. The number of nitriles is 1. The molecule has 4 heteroatoms. The van der Waals surface area contributed by atoms with Crippen LogP contribution in [0.4, 0.5) is 0 Å². The van der Waals surface area contributed by atoms with Crippen LogP contribution in [0.25, 0.3) is 0 Å². The molecule has 1 amide bonds. The molecule has 2 fully saturated rings. The number of carbonyl (C=O) groups excluding carboxylic acids is 1. The fraction of sp³-hybridized carbons (Fsp3) is 0.579. The highest BCUT2D eigenvalue weighted by atomic mass is 16.5. The molecule has 0 bridgehead atoms. The van der Waals surface area contributed by atoms with Crippen LogP contribution in [0.15, 0.2) is 24.3 Å². The van der Waals surface area contributed by atoms with Crippen LogP contribution in [0.3, 0.4) is 0 Å². The van der Waals surface area contributed by atoms with Crippen LogP contribution in [0.5, 0.6) is 5.75 Å². The largest absolute Gasteiger partial charge is 0.496 e. The van der Waals surface area contributed by atoms with Crippen LogP contribution in [-0.4, -0.2) is 31.0 Å². The summed E-state index contributed by atoms with van der Waals surface area (Å²) in [6.45, 7) is 1.56. The Bertz CT molecular complexity index is 616. The molecule has 1 aromatic carbocycles. The third-order valence-corrected chi connectivity index (χ3v) is 5.34. The summed E-state index contributed by atoms with van der Waals surface area (Å²) in [5, 5.41) is 9.39. The second-order valence-electron chi connectivity index (χ2n) is 6.82. The average molecular weight is 312 g/mol. The van der Waals surface area contributed by atoms with Gasteiger partial charge in [0.25, 0.3) is 0 Å². The normalized spacial score (nSPS) is 22.8. The lowest BCUT2D eigenvalue weighted by Crippen LogP contribution is -2.50. The highest BCUT2D eigenvalue weighted by Crippen LogP contribution is 2.42. The van der Waals surface area contributed by atoms with E-state index in [9.17, 15) is 10.1 Å². The first-order chi connectivity index (χ1) is 11.2. The zero-order chi connectivity index (χ0) is 16.3. The molecule has 0 aromatic heterocycles. The number of methoxy groups -OCH3 is 1. The Morgan fingerprint density at radius 1 is 1.39 bits per heavy atom. The summed E-state index contributed by atoms with van der Waals surface area (Å²) in [6, 6.07) is 10.4. The summed E-state index contributed by atoms with van der Waals surface area (Å²) in [6.07, 6.45) is 5.53. The number of piperidine rings is 1. The SMILES string of the molecule is COc1ccccc1CC1CCCN(C(=O)C2(C#N)CCC2)C1. The molecule has 122 valence electrons. The van der Waals surface area contributed by atoms with Gasteiger partial charge in [0.15, 0.2) is 0 Å². The maximum Gasteiger partial charge on any atom is 0.243 e. The van der Waals surface area contributed by atoms with Gasteiger partial charge in [-0.3, -0.25) is 4.79 Å². The third-order valence-electron chi connectivity index (χ3n) is 5.34. The van der Waals surface area contributed by atoms with Gasteiger partial charge in [0, 0.05) is 13.1 Å². The molecule has 2 aliphatic rings. The van der Waals surface area contributed by atoms with Crippen molar-refractivity contribution in [2.45, 2.75) is 38.5 Å². The predicted octanol–water partition coefficient (Wildman–Crippen LogP) is 3.17. The van der Waals surface area contributed by atoms with E-state index >= 15 is 0 Å². The van der Waals surface area contributed by atoms with E-state index in [1.807, 2.05) is 23.1 Å². The zero-order valence-electron chi connectivity index (χ0n) is 13.8. The number of rotatable bonds is 4. The van der Waals surface area contributed by atoms with Crippen molar-refractivity contribution < 1.29 is 9.53 Å². The topological polar surface area (TPSA) is 53.3 Å². The molecule has 1 saturated carbocycles. The third kappa shape index (κ3) is 3.06. The highest BCUT2D eigenvalue weighted by molar-refractivity contribution is 5.86. The van der Waals surface area contributed by atoms with Crippen LogP contribution in [0.1, 0.15) is 37.7 Å². The highest BCUT2D eigenvalue weighted by Gasteiger charge is 2.47. The number of likely N-dealkylation sites (tertiary alicyclic amines) is 1. The molecule has 1 saturated heterocycles. The monoisotopic (exact) mass is 312 g/mol. The Morgan fingerprint density at radius 2 is 2.17 bits per heavy atom. The van der Waals surface area contributed by atoms with Crippen LogP contribution < -0.4 is 4.74 Å². The van der Waals surface area contributed by atoms with Gasteiger partial charge in [-0.25, -0.2) is 0 Å². The van der Waals surface area contributed by atoms with E-state index in [0.717, 1.165) is 57.4 Å². The number of carbonyl (C=O) groups is 1. The van der Waals surface area contributed by atoms with Crippen molar-refractivity contribution >= 4 is 5.91 Å². The first-order valence-electron chi connectivity index (χ1n) is 8.51. The molecular formula is C19H24N2O2. The van der Waals surface area contributed by atoms with Crippen molar-refractivity contribution in [3.05, 3.63) is 29.8 Å². The maximum atomic E-state index is 12.7. The van der Waals surface area contributed by atoms with E-state index in [-0.39, 0.29) is 5.91 Å². The van der Waals surface area contributed by atoms with E-state index in [0.29, 0.717) is 5.92 Å². The van der Waals surface area contributed by atoms with Gasteiger partial charge in [-0.15, -0.1) is 0 Å². The van der Waals surface area contributed by atoms with E-state index in [4.69, 9.17) is 4.74 Å². The van der Waals surface area contributed by atoms with Crippen LogP contribution in [0, 0.1) is 22.7 Å². The van der Waals surface area contributed by atoms with Gasteiger partial charge < -0.3 is 9.64 Å². The first-order valence-corrected chi connectivity index (χ1v) is 8.51. The molecule has 0 N–H and O–H groups in total. The average Bonchev–Trinajstić information content (AvgIpc) is 2.55. The van der Waals surface area contributed by atoms with Crippen molar-refractivity contribution in [3.63, 3.8) is 0 Å². The van der Waals surface area contributed by atoms with Crippen molar-refractivity contribution in [2.75, 3.05) is 20.2 Å². The fourth-order valence-electron chi connectivity index (χ4n) is 3.81. The summed E-state index contributed by atoms with van der Waals surface area (Å²) in [4.78, 5) is 14.7. The fourth-order valence-corrected chi connectivity index (χ4v) is 3.81. The quantitative estimate of drug-likeness (QED) is 0.858. The number of hydrogen-bond acceptors (Lipinski definition) is 3. The summed E-state index contributed by atoms with van der Waals surface area (Å²) >= 11 is 0. The molecule has 1 aliphatic heterocycles. The molecule has 0 spiro atoms. The molecule has 1 atom stereocenters. The molecule has 1 aliphatic carbocycles. The van der Waals surface area contributed by atoms with E-state index in [1.54, 1.807) is 7.11 Å². The summed E-state index contributed by atoms with van der Waals surface area (Å²) in [7, 11) is 1.70. The predicted molar refractivity (Wildman–Crippen MR) is 87.9 cm³/mol. The van der Waals surface area contributed by atoms with Crippen LogP contribution in [0.2, 0.25) is 0 Å². The Balaban J connectivity index is 1.67. The Hall–Kier alpha value is -2.02. The molecule has 1 heterocycles. The van der Waals surface area contributed by atoms with Gasteiger partial charge in [-0.05, 0) is 56.1 Å². The molecule has 23 heavy (non-hydrogen) atoms. The summed E-state index contributed by atoms with van der Waals surface area (Å²) in [5.74, 6) is 1.43. The van der Waals surface area contributed by atoms with Gasteiger partial charge in [0.1, 0.15) is 11.2 Å². The number of nitrogens with zero attached hydrogens (tertiary/aromatic N) is 2. The zero-order valence-corrected chi connectivity index (χ0v) is 13.8.